The Morgan fingerprint density at radius 3 is 2.49 bits per heavy atom. The van der Waals surface area contributed by atoms with Gasteiger partial charge in [0, 0.05) is 44.7 Å². The van der Waals surface area contributed by atoms with Crippen molar-refractivity contribution in [2.24, 2.45) is 5.92 Å². The van der Waals surface area contributed by atoms with Gasteiger partial charge < -0.3 is 30.3 Å². The van der Waals surface area contributed by atoms with Gasteiger partial charge in [-0.3, -0.25) is 28.3 Å². The highest BCUT2D eigenvalue weighted by atomic mass is 16.4. The van der Waals surface area contributed by atoms with Crippen LogP contribution in [0.5, 0.6) is 0 Å². The molecule has 1 aliphatic rings. The number of nitrogens with one attached hydrogen (secondary N) is 4. The van der Waals surface area contributed by atoms with Crippen LogP contribution in [0.3, 0.4) is 0 Å². The summed E-state index contributed by atoms with van der Waals surface area (Å²) in [5.41, 5.74) is 2.10. The topological polar surface area (TPSA) is 181 Å². The number of H-pyrrole nitrogens is 1. The summed E-state index contributed by atoms with van der Waals surface area (Å²) in [6.45, 7) is 4.95. The Morgan fingerprint density at radius 2 is 1.68 bits per heavy atom. The highest BCUT2D eigenvalue weighted by Gasteiger charge is 2.26. The van der Waals surface area contributed by atoms with Crippen LogP contribution in [0.15, 0.2) is 56.5 Å². The van der Waals surface area contributed by atoms with E-state index >= 15 is 0 Å². The zero-order chi connectivity index (χ0) is 33.5. The Kier molecular flexibility index (Phi) is 10.6. The maximum Gasteiger partial charge on any atom is 0.420 e. The number of carbonyl (C=O) groups excluding carboxylic acids is 4. The van der Waals surface area contributed by atoms with Gasteiger partial charge in [0.15, 0.2) is 5.58 Å². The van der Waals surface area contributed by atoms with Crippen molar-refractivity contribution >= 4 is 45.8 Å². The quantitative estimate of drug-likeness (QED) is 0.260. The molecular formula is C33H41N7O7. The first-order chi connectivity index (χ1) is 22.7. The molecule has 0 saturated heterocycles. The van der Waals surface area contributed by atoms with Crippen LogP contribution in [0.4, 0.5) is 0 Å². The van der Waals surface area contributed by atoms with Gasteiger partial charge in [-0.15, -0.1) is 0 Å². The van der Waals surface area contributed by atoms with Crippen LogP contribution >= 0.6 is 0 Å². The second-order valence-electron chi connectivity index (χ2n) is 11.9. The maximum atomic E-state index is 13.5. The van der Waals surface area contributed by atoms with Gasteiger partial charge in [0.1, 0.15) is 12.6 Å². The minimum Gasteiger partial charge on any atom is -0.408 e. The lowest BCUT2D eigenvalue weighted by Gasteiger charge is -2.25. The van der Waals surface area contributed by atoms with E-state index in [9.17, 15) is 28.8 Å². The minimum absolute atomic E-state index is 0.0807. The van der Waals surface area contributed by atoms with Crippen molar-refractivity contribution in [1.82, 2.24) is 35.0 Å². The number of amides is 4. The molecule has 14 nitrogen and oxygen atoms in total. The van der Waals surface area contributed by atoms with Crippen LogP contribution in [0, 0.1) is 5.92 Å². The molecule has 4 N–H and O–H groups in total. The molecule has 3 heterocycles. The van der Waals surface area contributed by atoms with Crippen molar-refractivity contribution in [2.75, 3.05) is 26.2 Å². The SMILES string of the molecule is CC[C@H](C)[C@@H]1NC(=O)CCCN(C(=O)Cn2c(=O)oc3ccccc32)CCCNC(=O)c2ccc3[nH]c(=O)n(c3c2)CCCNC1=O. The molecule has 2 aromatic heterocycles. The van der Waals surface area contributed by atoms with E-state index < -0.39 is 11.8 Å². The normalized spacial score (nSPS) is 18.4. The molecule has 47 heavy (non-hydrogen) atoms. The molecule has 4 aromatic rings. The number of hydrogen-bond acceptors (Lipinski definition) is 7. The number of rotatable bonds is 4. The van der Waals surface area contributed by atoms with Gasteiger partial charge in [0.2, 0.25) is 17.7 Å². The predicted octanol–water partition coefficient (Wildman–Crippen LogP) is 1.72. The van der Waals surface area contributed by atoms with Gasteiger partial charge in [-0.25, -0.2) is 9.59 Å². The molecule has 0 saturated carbocycles. The van der Waals surface area contributed by atoms with Gasteiger partial charge in [-0.1, -0.05) is 32.4 Å². The van der Waals surface area contributed by atoms with E-state index in [-0.39, 0.29) is 74.4 Å². The number of aromatic amines is 1. The Labute approximate surface area is 270 Å². The number of aromatic nitrogens is 3. The molecule has 1 aliphatic heterocycles. The molecule has 4 amide bonds. The number of imidazole rings is 1. The number of para-hydroxylation sites is 2. The van der Waals surface area contributed by atoms with E-state index in [1.54, 1.807) is 47.4 Å². The second-order valence-corrected chi connectivity index (χ2v) is 11.9. The number of oxazole rings is 1. The van der Waals surface area contributed by atoms with Crippen molar-refractivity contribution in [2.45, 2.75) is 65.1 Å². The molecule has 0 aliphatic carbocycles. The number of fused-ring (bicyclic) bond motifs is 2. The van der Waals surface area contributed by atoms with E-state index in [0.717, 1.165) is 0 Å². The highest BCUT2D eigenvalue weighted by Crippen LogP contribution is 2.15. The lowest BCUT2D eigenvalue weighted by atomic mass is 9.98. The lowest BCUT2D eigenvalue weighted by molar-refractivity contribution is -0.132. The van der Waals surface area contributed by atoms with Crippen LogP contribution in [0.1, 0.15) is 56.3 Å². The summed E-state index contributed by atoms with van der Waals surface area (Å²) < 4.78 is 8.09. The first kappa shape index (κ1) is 33.2. The van der Waals surface area contributed by atoms with Crippen LogP contribution in [-0.4, -0.2) is 74.9 Å². The standard InChI is InChI=1S/C33H41N7O7/c1-3-21(2)29-31(44)35-15-8-18-39-25-19-22(12-13-23(25)36-32(39)45)30(43)34-14-7-17-38(16-6-11-27(41)37-29)28(42)20-40-24-9-4-5-10-26(24)47-33(40)46/h4-5,9-10,12-13,19,21,29H,3,6-8,11,14-18,20H2,1-2H3,(H,34,43)(H,35,44)(H,36,45)(H,37,41)/t21-,29-/m0/s1. The van der Waals surface area contributed by atoms with E-state index in [0.29, 0.717) is 59.9 Å². The fraction of sp³-hybridized carbons (Fsp3) is 0.455. The number of nitrogens with zero attached hydrogens (tertiary/aromatic N) is 3. The molecule has 0 radical (unpaired) electrons. The fourth-order valence-electron chi connectivity index (χ4n) is 5.79. The fourth-order valence-corrected chi connectivity index (χ4v) is 5.79. The Balaban J connectivity index is 1.36. The van der Waals surface area contributed by atoms with E-state index in [2.05, 4.69) is 20.9 Å². The zero-order valence-electron chi connectivity index (χ0n) is 26.7. The second kappa shape index (κ2) is 15.0. The average Bonchev–Trinajstić information content (AvgIpc) is 3.55. The van der Waals surface area contributed by atoms with Gasteiger partial charge in [0.25, 0.3) is 5.91 Å². The van der Waals surface area contributed by atoms with Crippen LogP contribution in [-0.2, 0) is 27.5 Å². The summed E-state index contributed by atoms with van der Waals surface area (Å²) in [7, 11) is 0. The minimum atomic E-state index is -0.740. The molecule has 2 aromatic carbocycles. The Bertz CT molecular complexity index is 1880. The van der Waals surface area contributed by atoms with Crippen molar-refractivity contribution in [3.63, 3.8) is 0 Å². The molecule has 2 bridgehead atoms. The van der Waals surface area contributed by atoms with E-state index in [1.807, 2.05) is 13.8 Å². The van der Waals surface area contributed by atoms with Crippen molar-refractivity contribution in [3.8, 4) is 0 Å². The summed E-state index contributed by atoms with van der Waals surface area (Å²) in [4.78, 5) is 82.3. The maximum absolute atomic E-state index is 13.5. The average molecular weight is 648 g/mol. The third-order valence-electron chi connectivity index (χ3n) is 8.65. The van der Waals surface area contributed by atoms with Crippen LogP contribution in [0.25, 0.3) is 22.1 Å². The van der Waals surface area contributed by atoms with Gasteiger partial charge in [-0.2, -0.15) is 0 Å². The van der Waals surface area contributed by atoms with Crippen molar-refractivity contribution < 1.29 is 23.6 Å². The van der Waals surface area contributed by atoms with Gasteiger partial charge in [0.05, 0.1) is 16.6 Å². The molecule has 0 unspecified atom stereocenters. The molecule has 0 fully saturated rings. The Hall–Kier alpha value is -5.14. The number of carbonyl (C=O) groups is 4. The summed E-state index contributed by atoms with van der Waals surface area (Å²) in [6, 6.07) is 11.1. The highest BCUT2D eigenvalue weighted by molar-refractivity contribution is 5.97. The number of hydrogen-bond donors (Lipinski definition) is 4. The molecule has 0 spiro atoms. The smallest absolute Gasteiger partial charge is 0.408 e. The van der Waals surface area contributed by atoms with Gasteiger partial charge in [-0.05, 0) is 55.5 Å². The Morgan fingerprint density at radius 1 is 0.936 bits per heavy atom. The summed E-state index contributed by atoms with van der Waals surface area (Å²) in [5.74, 6) is -2.05. The molecule has 2 atom stereocenters. The first-order valence-electron chi connectivity index (χ1n) is 16.1. The summed E-state index contributed by atoms with van der Waals surface area (Å²) >= 11 is 0. The number of benzene rings is 2. The molecule has 250 valence electrons. The molecule has 14 heteroatoms. The summed E-state index contributed by atoms with van der Waals surface area (Å²) in [6.07, 6.45) is 1.95. The first-order valence-corrected chi connectivity index (χ1v) is 16.1. The third kappa shape index (κ3) is 7.81. The van der Waals surface area contributed by atoms with Crippen LogP contribution in [0.2, 0.25) is 0 Å². The van der Waals surface area contributed by atoms with Crippen LogP contribution < -0.4 is 27.4 Å². The molecule has 5 rings (SSSR count). The molecular weight excluding hydrogens is 606 g/mol. The van der Waals surface area contributed by atoms with Gasteiger partial charge >= 0.3 is 11.4 Å². The largest absolute Gasteiger partial charge is 0.420 e. The van der Waals surface area contributed by atoms with Crippen molar-refractivity contribution in [1.29, 1.82) is 0 Å². The monoisotopic (exact) mass is 647 g/mol. The summed E-state index contributed by atoms with van der Waals surface area (Å²) in [5, 5.41) is 8.63. The van der Waals surface area contributed by atoms with E-state index in [1.165, 1.54) is 9.13 Å². The third-order valence-corrected chi connectivity index (χ3v) is 8.65. The zero-order valence-corrected chi connectivity index (χ0v) is 26.7. The predicted molar refractivity (Wildman–Crippen MR) is 175 cm³/mol. The lowest BCUT2D eigenvalue weighted by Crippen LogP contribution is -2.50. The van der Waals surface area contributed by atoms with Crippen molar-refractivity contribution in [3.05, 3.63) is 69.1 Å². The number of aryl methyl sites for hydroxylation is 1. The van der Waals surface area contributed by atoms with E-state index in [4.69, 9.17) is 4.42 Å².